The Hall–Kier alpha value is -3.25. The van der Waals surface area contributed by atoms with Crippen LogP contribution in [0.4, 0.5) is 4.39 Å². The van der Waals surface area contributed by atoms with Gasteiger partial charge in [-0.05, 0) is 74.0 Å². The molecule has 0 aliphatic carbocycles. The number of halogens is 1. The van der Waals surface area contributed by atoms with Gasteiger partial charge >= 0.3 is 0 Å². The van der Waals surface area contributed by atoms with E-state index < -0.39 is 0 Å². The highest BCUT2D eigenvalue weighted by Gasteiger charge is 2.37. The molecule has 170 valence electrons. The molecule has 6 heteroatoms. The number of pyridine rings is 1. The van der Waals surface area contributed by atoms with Crippen molar-refractivity contribution in [1.29, 1.82) is 0 Å². The predicted molar refractivity (Wildman–Crippen MR) is 127 cm³/mol. The average Bonchev–Trinajstić information content (AvgIpc) is 2.80. The minimum absolute atomic E-state index is 0.0479. The molecular formula is C27H28FN3O2. The first-order valence-corrected chi connectivity index (χ1v) is 11.4. The van der Waals surface area contributed by atoms with Gasteiger partial charge in [-0.15, -0.1) is 0 Å². The van der Waals surface area contributed by atoms with Gasteiger partial charge in [-0.2, -0.15) is 0 Å². The molecule has 33 heavy (non-hydrogen) atoms. The van der Waals surface area contributed by atoms with Crippen molar-refractivity contribution in [3.63, 3.8) is 0 Å². The maximum Gasteiger partial charge on any atom is 0.258 e. The highest BCUT2D eigenvalue weighted by molar-refractivity contribution is 5.94. The Kier molecular flexibility index (Phi) is 5.62. The molecule has 0 spiro atoms. The van der Waals surface area contributed by atoms with Crippen molar-refractivity contribution in [3.8, 4) is 11.1 Å². The van der Waals surface area contributed by atoms with Crippen LogP contribution < -0.4 is 5.56 Å². The topological polar surface area (TPSA) is 45.6 Å². The molecule has 0 N–H and O–H groups in total. The van der Waals surface area contributed by atoms with Crippen LogP contribution in [-0.2, 0) is 13.1 Å². The number of nitrogens with zero attached hydrogens (tertiary/aromatic N) is 3. The van der Waals surface area contributed by atoms with Gasteiger partial charge in [0.25, 0.3) is 11.5 Å². The lowest BCUT2D eigenvalue weighted by atomic mass is 9.82. The van der Waals surface area contributed by atoms with E-state index in [-0.39, 0.29) is 29.1 Å². The van der Waals surface area contributed by atoms with Crippen molar-refractivity contribution in [2.75, 3.05) is 27.2 Å². The number of aromatic nitrogens is 1. The van der Waals surface area contributed by atoms with E-state index in [2.05, 4.69) is 17.0 Å². The van der Waals surface area contributed by atoms with Crippen LogP contribution >= 0.6 is 0 Å². The van der Waals surface area contributed by atoms with Gasteiger partial charge in [0.1, 0.15) is 5.82 Å². The number of carbonyl (C=O) groups is 1. The smallest absolute Gasteiger partial charge is 0.258 e. The van der Waals surface area contributed by atoms with Crippen LogP contribution in [0.1, 0.15) is 34.0 Å². The van der Waals surface area contributed by atoms with Gasteiger partial charge in [-0.25, -0.2) is 4.39 Å². The molecule has 1 fully saturated rings. The molecule has 2 bridgehead atoms. The molecule has 0 radical (unpaired) electrons. The number of piperidine rings is 1. The predicted octanol–water partition coefficient (Wildman–Crippen LogP) is 3.98. The maximum atomic E-state index is 13.6. The summed E-state index contributed by atoms with van der Waals surface area (Å²) in [6, 6.07) is 17.8. The van der Waals surface area contributed by atoms with Crippen LogP contribution in [0.2, 0.25) is 0 Å². The van der Waals surface area contributed by atoms with Crippen LogP contribution in [0.25, 0.3) is 11.1 Å². The summed E-state index contributed by atoms with van der Waals surface area (Å²) in [6.07, 6.45) is 0.975. The van der Waals surface area contributed by atoms with Crippen molar-refractivity contribution in [2.45, 2.75) is 25.4 Å². The molecule has 2 unspecified atom stereocenters. The first-order chi connectivity index (χ1) is 15.9. The quantitative estimate of drug-likeness (QED) is 0.610. The fraction of sp³-hybridized carbons (Fsp3) is 0.333. The third-order valence-electron chi connectivity index (χ3n) is 6.78. The normalized spacial score (nSPS) is 19.5. The van der Waals surface area contributed by atoms with Crippen molar-refractivity contribution in [2.24, 2.45) is 5.92 Å². The molecule has 5 rings (SSSR count). The first-order valence-electron chi connectivity index (χ1n) is 11.4. The number of amides is 1. The first kappa shape index (κ1) is 21.6. The Labute approximate surface area is 193 Å². The standard InChI is InChI=1S/C27H28FN3O2/c1-29(2)16-20-5-3-4-6-23(20)24-11-12-25-21-13-18(15-31(25)27(24)33)14-30(17-21)26(32)19-7-9-22(28)10-8-19/h3-12,18,21H,13-17H2,1-2H3. The second-order valence-electron chi connectivity index (χ2n) is 9.50. The highest BCUT2D eigenvalue weighted by atomic mass is 19.1. The number of hydrogen-bond acceptors (Lipinski definition) is 3. The molecule has 2 aliphatic heterocycles. The third-order valence-corrected chi connectivity index (χ3v) is 6.78. The van der Waals surface area contributed by atoms with Crippen LogP contribution in [0, 0.1) is 11.7 Å². The molecule has 3 heterocycles. The summed E-state index contributed by atoms with van der Waals surface area (Å²) in [7, 11) is 4.05. The van der Waals surface area contributed by atoms with E-state index in [1.165, 1.54) is 24.3 Å². The van der Waals surface area contributed by atoms with Crippen molar-refractivity contribution < 1.29 is 9.18 Å². The Morgan fingerprint density at radius 3 is 2.48 bits per heavy atom. The molecule has 1 saturated heterocycles. The summed E-state index contributed by atoms with van der Waals surface area (Å²) in [5, 5.41) is 0. The molecule has 2 atom stereocenters. The summed E-state index contributed by atoms with van der Waals surface area (Å²) >= 11 is 0. The molecular weight excluding hydrogens is 417 g/mol. The molecule has 2 aliphatic rings. The van der Waals surface area contributed by atoms with E-state index in [1.54, 1.807) is 0 Å². The minimum Gasteiger partial charge on any atom is -0.338 e. The van der Waals surface area contributed by atoms with Crippen LogP contribution in [0.5, 0.6) is 0 Å². The zero-order valence-electron chi connectivity index (χ0n) is 19.0. The lowest BCUT2D eigenvalue weighted by Crippen LogP contribution is -2.49. The summed E-state index contributed by atoms with van der Waals surface area (Å²) < 4.78 is 15.2. The van der Waals surface area contributed by atoms with Crippen LogP contribution in [0.3, 0.4) is 0 Å². The van der Waals surface area contributed by atoms with Gasteiger partial charge in [0.05, 0.1) is 0 Å². The van der Waals surface area contributed by atoms with Gasteiger partial charge in [0, 0.05) is 48.9 Å². The molecule has 5 nitrogen and oxygen atoms in total. The Balaban J connectivity index is 1.46. The molecule has 3 aromatic rings. The monoisotopic (exact) mass is 445 g/mol. The summed E-state index contributed by atoms with van der Waals surface area (Å²) in [6.45, 7) is 2.56. The molecule has 2 aromatic carbocycles. The number of likely N-dealkylation sites (tertiary alicyclic amines) is 1. The van der Waals surface area contributed by atoms with E-state index >= 15 is 0 Å². The van der Waals surface area contributed by atoms with Crippen LogP contribution in [0.15, 0.2) is 65.5 Å². The second kappa shape index (κ2) is 8.60. The fourth-order valence-electron chi connectivity index (χ4n) is 5.35. The molecule has 1 amide bonds. The van der Waals surface area contributed by atoms with Gasteiger partial charge < -0.3 is 14.4 Å². The molecule has 0 saturated carbocycles. The zero-order valence-corrected chi connectivity index (χ0v) is 19.0. The van der Waals surface area contributed by atoms with E-state index in [0.29, 0.717) is 25.2 Å². The van der Waals surface area contributed by atoms with Crippen molar-refractivity contribution in [3.05, 3.63) is 93.7 Å². The number of hydrogen-bond donors (Lipinski definition) is 0. The van der Waals surface area contributed by atoms with E-state index in [1.807, 2.05) is 47.8 Å². The second-order valence-corrected chi connectivity index (χ2v) is 9.50. The van der Waals surface area contributed by atoms with Gasteiger partial charge in [-0.3, -0.25) is 9.59 Å². The highest BCUT2D eigenvalue weighted by Crippen LogP contribution is 2.36. The lowest BCUT2D eigenvalue weighted by molar-refractivity contribution is 0.0594. The van der Waals surface area contributed by atoms with E-state index in [0.717, 1.165) is 35.3 Å². The Morgan fingerprint density at radius 2 is 1.73 bits per heavy atom. The third kappa shape index (κ3) is 4.11. The van der Waals surface area contributed by atoms with Gasteiger partial charge in [-0.1, -0.05) is 24.3 Å². The SMILES string of the molecule is CN(C)Cc1ccccc1-c1ccc2n(c1=O)CC1CC2CN(C(=O)c2ccc(F)cc2)C1. The number of benzene rings is 2. The lowest BCUT2D eigenvalue weighted by Gasteiger charge is -2.43. The van der Waals surface area contributed by atoms with Crippen molar-refractivity contribution >= 4 is 5.91 Å². The summed E-state index contributed by atoms with van der Waals surface area (Å²) in [5.41, 5.74) is 4.40. The number of rotatable bonds is 4. The van der Waals surface area contributed by atoms with E-state index in [9.17, 15) is 14.0 Å². The summed E-state index contributed by atoms with van der Waals surface area (Å²) in [4.78, 5) is 30.6. The average molecular weight is 446 g/mol. The van der Waals surface area contributed by atoms with Crippen LogP contribution in [-0.4, -0.2) is 47.5 Å². The van der Waals surface area contributed by atoms with Gasteiger partial charge in [0.15, 0.2) is 0 Å². The summed E-state index contributed by atoms with van der Waals surface area (Å²) in [5.74, 6) is -0.0701. The minimum atomic E-state index is -0.349. The zero-order chi connectivity index (χ0) is 23.1. The number of fused-ring (bicyclic) bond motifs is 4. The Morgan fingerprint density at radius 1 is 0.970 bits per heavy atom. The largest absolute Gasteiger partial charge is 0.338 e. The van der Waals surface area contributed by atoms with Crippen molar-refractivity contribution in [1.82, 2.24) is 14.4 Å². The van der Waals surface area contributed by atoms with Gasteiger partial charge in [0.2, 0.25) is 0 Å². The number of carbonyl (C=O) groups excluding carboxylic acids is 1. The Bertz CT molecular complexity index is 1250. The maximum absolute atomic E-state index is 13.6. The fourth-order valence-corrected chi connectivity index (χ4v) is 5.35. The van der Waals surface area contributed by atoms with E-state index in [4.69, 9.17) is 0 Å². The molecule has 1 aromatic heterocycles.